The molecule has 0 aliphatic carbocycles. The van der Waals surface area contributed by atoms with Crippen LogP contribution in [0.25, 0.3) is 10.9 Å². The van der Waals surface area contributed by atoms with Gasteiger partial charge in [-0.05, 0) is 55.5 Å². The lowest BCUT2D eigenvalue weighted by molar-refractivity contribution is 0.0555. The van der Waals surface area contributed by atoms with Crippen molar-refractivity contribution in [2.24, 2.45) is 0 Å². The number of fused-ring (bicyclic) bond motifs is 1. The van der Waals surface area contributed by atoms with Crippen molar-refractivity contribution in [1.82, 2.24) is 10.3 Å². The number of aryl methyl sites for hydroxylation is 2. The molecule has 2 heterocycles. The van der Waals surface area contributed by atoms with Crippen molar-refractivity contribution in [3.8, 4) is 0 Å². The van der Waals surface area contributed by atoms with E-state index in [1.807, 2.05) is 43.5 Å². The van der Waals surface area contributed by atoms with Gasteiger partial charge in [0.15, 0.2) is 0 Å². The van der Waals surface area contributed by atoms with Crippen LogP contribution in [-0.2, 0) is 5.60 Å². The first-order valence-electron chi connectivity index (χ1n) is 7.51. The van der Waals surface area contributed by atoms with E-state index < -0.39 is 5.60 Å². The highest BCUT2D eigenvalue weighted by Crippen LogP contribution is 2.25. The molecule has 3 rings (SSSR count). The van der Waals surface area contributed by atoms with Gasteiger partial charge in [0.25, 0.3) is 5.91 Å². The number of hydrogen-bond acceptors (Lipinski definition) is 3. The van der Waals surface area contributed by atoms with Gasteiger partial charge in [-0.15, -0.1) is 11.3 Å². The van der Waals surface area contributed by atoms with Crippen molar-refractivity contribution < 1.29 is 9.90 Å². The van der Waals surface area contributed by atoms with Gasteiger partial charge in [-0.2, -0.15) is 0 Å². The SMILES string of the molecule is Cc1cc(C)c2cc(C(=O)NCC(C)(O)c3cccs3)[nH]c2c1. The summed E-state index contributed by atoms with van der Waals surface area (Å²) in [7, 11) is 0. The molecule has 0 bridgehead atoms. The van der Waals surface area contributed by atoms with Crippen LogP contribution in [0.5, 0.6) is 0 Å². The third-order valence-corrected chi connectivity index (χ3v) is 5.10. The normalized spacial score (nSPS) is 13.9. The fourth-order valence-electron chi connectivity index (χ4n) is 2.74. The molecule has 0 aliphatic rings. The zero-order valence-corrected chi connectivity index (χ0v) is 14.3. The minimum absolute atomic E-state index is 0.166. The van der Waals surface area contributed by atoms with Crippen LogP contribution in [0, 0.1) is 13.8 Å². The standard InChI is InChI=1S/C18H20N2O2S/c1-11-7-12(2)13-9-15(20-14(13)8-11)17(21)19-10-18(3,22)16-5-4-6-23-16/h4-9,20,22H,10H2,1-3H3,(H,19,21). The summed E-state index contributed by atoms with van der Waals surface area (Å²) in [6, 6.07) is 9.74. The Hall–Kier alpha value is -2.11. The average Bonchev–Trinajstić information content (AvgIpc) is 3.14. The molecular weight excluding hydrogens is 308 g/mol. The summed E-state index contributed by atoms with van der Waals surface area (Å²) in [5.74, 6) is -0.213. The van der Waals surface area contributed by atoms with Crippen molar-refractivity contribution in [3.63, 3.8) is 0 Å². The second kappa shape index (κ2) is 5.83. The maximum atomic E-state index is 12.4. The molecule has 23 heavy (non-hydrogen) atoms. The Kier molecular flexibility index (Phi) is 4.00. The van der Waals surface area contributed by atoms with E-state index in [9.17, 15) is 9.90 Å². The summed E-state index contributed by atoms with van der Waals surface area (Å²) in [4.78, 5) is 16.4. The number of H-pyrrole nitrogens is 1. The molecule has 1 aromatic carbocycles. The number of rotatable bonds is 4. The van der Waals surface area contributed by atoms with E-state index in [0.29, 0.717) is 5.69 Å². The smallest absolute Gasteiger partial charge is 0.267 e. The molecule has 0 aliphatic heterocycles. The van der Waals surface area contributed by atoms with Gasteiger partial charge in [-0.1, -0.05) is 12.1 Å². The number of carbonyl (C=O) groups excluding carboxylic acids is 1. The largest absolute Gasteiger partial charge is 0.383 e. The second-order valence-electron chi connectivity index (χ2n) is 6.16. The van der Waals surface area contributed by atoms with Gasteiger partial charge in [-0.3, -0.25) is 4.79 Å². The Morgan fingerprint density at radius 1 is 1.35 bits per heavy atom. The Balaban J connectivity index is 1.77. The molecular formula is C18H20N2O2S. The Morgan fingerprint density at radius 3 is 2.83 bits per heavy atom. The van der Waals surface area contributed by atoms with Gasteiger partial charge < -0.3 is 15.4 Å². The summed E-state index contributed by atoms with van der Waals surface area (Å²) in [6.45, 7) is 5.94. The maximum Gasteiger partial charge on any atom is 0.267 e. The number of hydrogen-bond donors (Lipinski definition) is 3. The van der Waals surface area contributed by atoms with Crippen molar-refractivity contribution in [2.45, 2.75) is 26.4 Å². The monoisotopic (exact) mass is 328 g/mol. The fourth-order valence-corrected chi connectivity index (χ4v) is 3.53. The molecule has 0 radical (unpaired) electrons. The fraction of sp³-hybridized carbons (Fsp3) is 0.278. The summed E-state index contributed by atoms with van der Waals surface area (Å²) in [5.41, 5.74) is 2.70. The number of amides is 1. The van der Waals surface area contributed by atoms with Crippen LogP contribution < -0.4 is 5.32 Å². The lowest BCUT2D eigenvalue weighted by Gasteiger charge is -2.22. The van der Waals surface area contributed by atoms with Gasteiger partial charge in [0.2, 0.25) is 0 Å². The molecule has 120 valence electrons. The summed E-state index contributed by atoms with van der Waals surface area (Å²) in [6.07, 6.45) is 0. The molecule has 3 N–H and O–H groups in total. The topological polar surface area (TPSA) is 65.1 Å². The van der Waals surface area contributed by atoms with E-state index in [0.717, 1.165) is 26.9 Å². The van der Waals surface area contributed by atoms with Crippen molar-refractivity contribution in [3.05, 3.63) is 57.4 Å². The van der Waals surface area contributed by atoms with Crippen LogP contribution in [-0.4, -0.2) is 22.5 Å². The number of benzene rings is 1. The van der Waals surface area contributed by atoms with Crippen molar-refractivity contribution in [1.29, 1.82) is 0 Å². The summed E-state index contributed by atoms with van der Waals surface area (Å²) >= 11 is 1.48. The van der Waals surface area contributed by atoms with Crippen molar-refractivity contribution in [2.75, 3.05) is 6.54 Å². The Morgan fingerprint density at radius 2 is 2.13 bits per heavy atom. The van der Waals surface area contributed by atoms with E-state index >= 15 is 0 Å². The van der Waals surface area contributed by atoms with Crippen LogP contribution in [0.3, 0.4) is 0 Å². The number of aromatic amines is 1. The van der Waals surface area contributed by atoms with Gasteiger partial charge in [0, 0.05) is 15.8 Å². The summed E-state index contributed by atoms with van der Waals surface area (Å²) < 4.78 is 0. The molecule has 3 aromatic rings. The predicted octanol–water partition coefficient (Wildman–Crippen LogP) is 3.48. The summed E-state index contributed by atoms with van der Waals surface area (Å²) in [5, 5.41) is 16.2. The molecule has 1 amide bonds. The zero-order valence-electron chi connectivity index (χ0n) is 13.4. The quantitative estimate of drug-likeness (QED) is 0.686. The van der Waals surface area contributed by atoms with Gasteiger partial charge in [0.1, 0.15) is 11.3 Å². The second-order valence-corrected chi connectivity index (χ2v) is 7.11. The molecule has 2 aromatic heterocycles. The highest BCUT2D eigenvalue weighted by Gasteiger charge is 2.25. The maximum absolute atomic E-state index is 12.4. The van der Waals surface area contributed by atoms with Crippen LogP contribution in [0.2, 0.25) is 0 Å². The third-order valence-electron chi connectivity index (χ3n) is 3.98. The zero-order chi connectivity index (χ0) is 16.6. The van der Waals surface area contributed by atoms with E-state index in [2.05, 4.69) is 16.4 Å². The number of carbonyl (C=O) groups is 1. The molecule has 0 saturated carbocycles. The van der Waals surface area contributed by atoms with Gasteiger partial charge in [0.05, 0.1) is 6.54 Å². The molecule has 0 fully saturated rings. The lowest BCUT2D eigenvalue weighted by atomic mass is 10.1. The van der Waals surface area contributed by atoms with Gasteiger partial charge >= 0.3 is 0 Å². The average molecular weight is 328 g/mol. The minimum atomic E-state index is -1.07. The van der Waals surface area contributed by atoms with E-state index in [-0.39, 0.29) is 12.5 Å². The Bertz CT molecular complexity index is 847. The molecule has 0 spiro atoms. The molecule has 4 nitrogen and oxygen atoms in total. The van der Waals surface area contributed by atoms with Crippen molar-refractivity contribution >= 4 is 28.1 Å². The molecule has 1 atom stereocenters. The van der Waals surface area contributed by atoms with Crippen LogP contribution >= 0.6 is 11.3 Å². The molecule has 0 saturated heterocycles. The first-order chi connectivity index (χ1) is 10.9. The highest BCUT2D eigenvalue weighted by molar-refractivity contribution is 7.10. The number of aromatic nitrogens is 1. The third kappa shape index (κ3) is 3.16. The number of aliphatic hydroxyl groups is 1. The number of thiophene rings is 1. The molecule has 1 unspecified atom stereocenters. The van der Waals surface area contributed by atoms with Crippen LogP contribution in [0.1, 0.15) is 33.4 Å². The Labute approximate surface area is 139 Å². The first kappa shape index (κ1) is 15.8. The number of nitrogens with one attached hydrogen (secondary N) is 2. The molecule has 5 heteroatoms. The first-order valence-corrected chi connectivity index (χ1v) is 8.39. The van der Waals surface area contributed by atoms with E-state index in [1.165, 1.54) is 11.3 Å². The predicted molar refractivity (Wildman–Crippen MR) is 94.0 cm³/mol. The van der Waals surface area contributed by atoms with Crippen LogP contribution in [0.15, 0.2) is 35.7 Å². The minimum Gasteiger partial charge on any atom is -0.383 e. The van der Waals surface area contributed by atoms with E-state index in [1.54, 1.807) is 6.92 Å². The van der Waals surface area contributed by atoms with Gasteiger partial charge in [-0.25, -0.2) is 0 Å². The van der Waals surface area contributed by atoms with E-state index in [4.69, 9.17) is 0 Å². The lowest BCUT2D eigenvalue weighted by Crippen LogP contribution is -2.38. The van der Waals surface area contributed by atoms with Crippen LogP contribution in [0.4, 0.5) is 0 Å². The highest BCUT2D eigenvalue weighted by atomic mass is 32.1.